The SMILES string of the molecule is CCNC(=NCCn1cnnc1CC)NC(C)c1ccccc1Br.I. The smallest absolute Gasteiger partial charge is 0.191 e. The van der Waals surface area contributed by atoms with Gasteiger partial charge in [-0.15, -0.1) is 34.2 Å². The lowest BCUT2D eigenvalue weighted by Crippen LogP contribution is -2.39. The first-order chi connectivity index (χ1) is 11.7. The van der Waals surface area contributed by atoms with E-state index in [1.54, 1.807) is 6.33 Å². The van der Waals surface area contributed by atoms with E-state index in [2.05, 4.69) is 74.7 Å². The molecule has 1 atom stereocenters. The lowest BCUT2D eigenvalue weighted by molar-refractivity contribution is 0.649. The van der Waals surface area contributed by atoms with Gasteiger partial charge in [-0.3, -0.25) is 4.99 Å². The van der Waals surface area contributed by atoms with Crippen LogP contribution in [0.25, 0.3) is 0 Å². The van der Waals surface area contributed by atoms with Gasteiger partial charge in [0, 0.05) is 24.0 Å². The number of aryl methyl sites for hydroxylation is 1. The molecule has 1 heterocycles. The molecule has 1 aromatic heterocycles. The largest absolute Gasteiger partial charge is 0.357 e. The molecule has 25 heavy (non-hydrogen) atoms. The van der Waals surface area contributed by atoms with Crippen LogP contribution in [-0.4, -0.2) is 33.8 Å². The van der Waals surface area contributed by atoms with Gasteiger partial charge in [0.1, 0.15) is 12.2 Å². The summed E-state index contributed by atoms with van der Waals surface area (Å²) in [5.41, 5.74) is 1.20. The number of benzene rings is 1. The molecule has 0 bridgehead atoms. The highest BCUT2D eigenvalue weighted by molar-refractivity contribution is 14.0. The van der Waals surface area contributed by atoms with Crippen molar-refractivity contribution in [3.05, 3.63) is 46.5 Å². The number of halogens is 2. The zero-order valence-electron chi connectivity index (χ0n) is 14.9. The molecule has 1 aromatic carbocycles. The van der Waals surface area contributed by atoms with E-state index < -0.39 is 0 Å². The van der Waals surface area contributed by atoms with Gasteiger partial charge < -0.3 is 15.2 Å². The Labute approximate surface area is 175 Å². The molecule has 2 aromatic rings. The third-order valence-corrected chi connectivity index (χ3v) is 4.41. The van der Waals surface area contributed by atoms with E-state index in [-0.39, 0.29) is 30.0 Å². The second kappa shape index (κ2) is 11.5. The summed E-state index contributed by atoms with van der Waals surface area (Å²) >= 11 is 3.60. The van der Waals surface area contributed by atoms with E-state index in [9.17, 15) is 0 Å². The molecular formula is C17H26BrIN6. The molecular weight excluding hydrogens is 495 g/mol. The molecule has 0 fully saturated rings. The summed E-state index contributed by atoms with van der Waals surface area (Å²) in [6, 6.07) is 8.37. The Morgan fingerprint density at radius 1 is 1.32 bits per heavy atom. The molecule has 0 radical (unpaired) electrons. The van der Waals surface area contributed by atoms with Gasteiger partial charge >= 0.3 is 0 Å². The maximum atomic E-state index is 4.66. The van der Waals surface area contributed by atoms with Gasteiger partial charge in [-0.25, -0.2) is 0 Å². The molecule has 2 N–H and O–H groups in total. The maximum Gasteiger partial charge on any atom is 0.191 e. The van der Waals surface area contributed by atoms with Crippen LogP contribution in [0.1, 0.15) is 38.2 Å². The van der Waals surface area contributed by atoms with Crippen molar-refractivity contribution in [1.29, 1.82) is 0 Å². The van der Waals surface area contributed by atoms with Crippen molar-refractivity contribution >= 4 is 45.9 Å². The van der Waals surface area contributed by atoms with Gasteiger partial charge in [0.05, 0.1) is 12.6 Å². The van der Waals surface area contributed by atoms with E-state index in [0.717, 1.165) is 35.8 Å². The number of guanidine groups is 1. The first-order valence-electron chi connectivity index (χ1n) is 8.31. The van der Waals surface area contributed by atoms with Crippen LogP contribution in [0, 0.1) is 0 Å². The normalized spacial score (nSPS) is 12.4. The fourth-order valence-corrected chi connectivity index (χ4v) is 3.07. The van der Waals surface area contributed by atoms with Gasteiger partial charge in [-0.1, -0.05) is 41.1 Å². The molecule has 0 aliphatic carbocycles. The summed E-state index contributed by atoms with van der Waals surface area (Å²) in [5, 5.41) is 14.8. The van der Waals surface area contributed by atoms with Crippen molar-refractivity contribution in [1.82, 2.24) is 25.4 Å². The molecule has 138 valence electrons. The Morgan fingerprint density at radius 2 is 2.08 bits per heavy atom. The zero-order valence-corrected chi connectivity index (χ0v) is 18.8. The Kier molecular flexibility index (Phi) is 10.0. The summed E-state index contributed by atoms with van der Waals surface area (Å²) < 4.78 is 3.14. The van der Waals surface area contributed by atoms with Crippen LogP contribution < -0.4 is 10.6 Å². The van der Waals surface area contributed by atoms with Crippen molar-refractivity contribution in [3.8, 4) is 0 Å². The number of aliphatic imine (C=N–C) groups is 1. The van der Waals surface area contributed by atoms with Gasteiger partial charge in [0.25, 0.3) is 0 Å². The van der Waals surface area contributed by atoms with Gasteiger partial charge in [-0.2, -0.15) is 0 Å². The highest BCUT2D eigenvalue weighted by atomic mass is 127. The second-order valence-corrected chi connectivity index (χ2v) is 6.30. The lowest BCUT2D eigenvalue weighted by Gasteiger charge is -2.19. The maximum absolute atomic E-state index is 4.66. The van der Waals surface area contributed by atoms with Crippen molar-refractivity contribution in [3.63, 3.8) is 0 Å². The van der Waals surface area contributed by atoms with Gasteiger partial charge in [-0.05, 0) is 25.5 Å². The van der Waals surface area contributed by atoms with Crippen molar-refractivity contribution in [2.24, 2.45) is 4.99 Å². The van der Waals surface area contributed by atoms with Crippen LogP contribution in [0.15, 0.2) is 40.1 Å². The van der Waals surface area contributed by atoms with Crippen LogP contribution >= 0.6 is 39.9 Å². The average Bonchev–Trinajstić information content (AvgIpc) is 3.03. The molecule has 0 aliphatic heterocycles. The fraction of sp³-hybridized carbons (Fsp3) is 0.471. The van der Waals surface area contributed by atoms with Crippen molar-refractivity contribution in [2.75, 3.05) is 13.1 Å². The van der Waals surface area contributed by atoms with E-state index in [0.29, 0.717) is 6.54 Å². The van der Waals surface area contributed by atoms with Crippen molar-refractivity contribution in [2.45, 2.75) is 39.8 Å². The molecule has 0 spiro atoms. The Morgan fingerprint density at radius 3 is 2.76 bits per heavy atom. The standard InChI is InChI=1S/C17H25BrN6.HI/c1-4-16-23-21-12-24(16)11-10-20-17(19-5-2)22-13(3)14-8-6-7-9-15(14)18;/h6-9,12-13H,4-5,10-11H2,1-3H3,(H2,19,20,22);1H. The third-order valence-electron chi connectivity index (χ3n) is 3.69. The van der Waals surface area contributed by atoms with Crippen LogP contribution in [0.4, 0.5) is 0 Å². The number of hydrogen-bond acceptors (Lipinski definition) is 3. The van der Waals surface area contributed by atoms with Crippen LogP contribution in [0.3, 0.4) is 0 Å². The van der Waals surface area contributed by atoms with Crippen LogP contribution in [0.2, 0.25) is 0 Å². The highest BCUT2D eigenvalue weighted by Gasteiger charge is 2.10. The van der Waals surface area contributed by atoms with E-state index in [1.165, 1.54) is 5.56 Å². The predicted molar refractivity (Wildman–Crippen MR) is 116 cm³/mol. The average molecular weight is 521 g/mol. The molecule has 0 aliphatic rings. The molecule has 0 saturated carbocycles. The topological polar surface area (TPSA) is 67.1 Å². The number of nitrogens with one attached hydrogen (secondary N) is 2. The molecule has 0 amide bonds. The first kappa shape index (κ1) is 21.9. The highest BCUT2D eigenvalue weighted by Crippen LogP contribution is 2.22. The van der Waals surface area contributed by atoms with Crippen molar-refractivity contribution < 1.29 is 0 Å². The number of hydrogen-bond donors (Lipinski definition) is 2. The van der Waals surface area contributed by atoms with Gasteiger partial charge in [0.2, 0.25) is 0 Å². The lowest BCUT2D eigenvalue weighted by atomic mass is 10.1. The molecule has 6 nitrogen and oxygen atoms in total. The molecule has 1 unspecified atom stereocenters. The molecule has 2 rings (SSSR count). The minimum atomic E-state index is 0. The minimum Gasteiger partial charge on any atom is -0.357 e. The van der Waals surface area contributed by atoms with E-state index in [4.69, 9.17) is 0 Å². The monoisotopic (exact) mass is 520 g/mol. The second-order valence-electron chi connectivity index (χ2n) is 5.44. The summed E-state index contributed by atoms with van der Waals surface area (Å²) in [5.74, 6) is 1.80. The molecule has 8 heteroatoms. The van der Waals surface area contributed by atoms with Gasteiger partial charge in [0.15, 0.2) is 5.96 Å². The fourth-order valence-electron chi connectivity index (χ4n) is 2.44. The van der Waals surface area contributed by atoms with E-state index in [1.807, 2.05) is 16.7 Å². The summed E-state index contributed by atoms with van der Waals surface area (Å²) in [4.78, 5) is 4.66. The third kappa shape index (κ3) is 6.58. The number of rotatable bonds is 7. The summed E-state index contributed by atoms with van der Waals surface area (Å²) in [6.07, 6.45) is 2.64. The number of aromatic nitrogens is 3. The van der Waals surface area contributed by atoms with Crippen LogP contribution in [-0.2, 0) is 13.0 Å². The van der Waals surface area contributed by atoms with E-state index >= 15 is 0 Å². The minimum absolute atomic E-state index is 0. The quantitative estimate of drug-likeness (QED) is 0.333. The first-order valence-corrected chi connectivity index (χ1v) is 9.11. The summed E-state index contributed by atoms with van der Waals surface area (Å²) in [6.45, 7) is 8.53. The number of nitrogens with zero attached hydrogens (tertiary/aromatic N) is 4. The zero-order chi connectivity index (χ0) is 17.4. The molecule has 0 saturated heterocycles. The summed E-state index contributed by atoms with van der Waals surface area (Å²) in [7, 11) is 0. The Hall–Kier alpha value is -1.16. The Bertz CT molecular complexity index is 673. The Balaban J connectivity index is 0.00000312. The van der Waals surface area contributed by atoms with Crippen LogP contribution in [0.5, 0.6) is 0 Å². The predicted octanol–water partition coefficient (Wildman–Crippen LogP) is 3.54.